The summed E-state index contributed by atoms with van der Waals surface area (Å²) in [5, 5.41) is 11.1. The summed E-state index contributed by atoms with van der Waals surface area (Å²) in [6.45, 7) is 4.06. The lowest BCUT2D eigenvalue weighted by Gasteiger charge is -2.41. The van der Waals surface area contributed by atoms with Crippen molar-refractivity contribution in [2.75, 3.05) is 21.0 Å². The number of non-ortho nitro benzene ring substituents is 1. The number of nitro groups is 1. The number of hydrogen-bond acceptors (Lipinski definition) is 7. The lowest BCUT2D eigenvalue weighted by molar-refractivity contribution is -0.384. The van der Waals surface area contributed by atoms with Gasteiger partial charge in [-0.2, -0.15) is 0 Å². The Hall–Kier alpha value is -4.86. The Morgan fingerprint density at radius 2 is 1.73 bits per heavy atom. The normalized spacial score (nSPS) is 17.9. The van der Waals surface area contributed by atoms with Crippen molar-refractivity contribution in [1.82, 2.24) is 4.90 Å². The first-order chi connectivity index (χ1) is 19.2. The Bertz CT molecular complexity index is 1510. The number of benzene rings is 3. The van der Waals surface area contributed by atoms with E-state index in [2.05, 4.69) is 4.37 Å². The molecule has 0 fully saturated rings. The third-order valence-corrected chi connectivity index (χ3v) is 7.43. The summed E-state index contributed by atoms with van der Waals surface area (Å²) in [5.74, 6) is 0.942. The molecule has 3 aromatic carbocycles. The summed E-state index contributed by atoms with van der Waals surface area (Å²) in [7, 11) is 2.79. The van der Waals surface area contributed by atoms with Gasteiger partial charge in [0.05, 0.1) is 22.9 Å². The summed E-state index contributed by atoms with van der Waals surface area (Å²) < 4.78 is 18.7. The van der Waals surface area contributed by atoms with Crippen LogP contribution in [0.3, 0.4) is 0 Å². The van der Waals surface area contributed by atoms with Crippen molar-refractivity contribution in [2.45, 2.75) is 32.4 Å². The molecule has 0 N–H and O–H groups in total. The Morgan fingerprint density at radius 1 is 1.02 bits per heavy atom. The quantitative estimate of drug-likeness (QED) is 0.165. The fourth-order valence-electron chi connectivity index (χ4n) is 5.33. The zero-order chi connectivity index (χ0) is 28.6. The lowest BCUT2D eigenvalue weighted by Crippen LogP contribution is -2.51. The number of aryl methyl sites for hydroxylation is 1. The summed E-state index contributed by atoms with van der Waals surface area (Å²) >= 11 is 0. The molecule has 206 valence electrons. The Kier molecular flexibility index (Phi) is 7.17. The molecular weight excluding hydrogens is 516 g/mol. The largest absolute Gasteiger partial charge is 0.638 e. The summed E-state index contributed by atoms with van der Waals surface area (Å²) in [4.78, 5) is 39.6. The second-order valence-corrected chi connectivity index (χ2v) is 9.67. The Morgan fingerprint density at radius 3 is 2.40 bits per heavy atom. The number of rotatable bonds is 5. The highest BCUT2D eigenvalue weighted by molar-refractivity contribution is 5.88. The minimum absolute atomic E-state index is 0.0961. The smallest absolute Gasteiger partial charge is 0.498 e. The molecule has 2 aliphatic rings. The van der Waals surface area contributed by atoms with Crippen molar-refractivity contribution in [3.8, 4) is 17.2 Å². The van der Waals surface area contributed by atoms with Crippen LogP contribution < -0.4 is 9.47 Å². The van der Waals surface area contributed by atoms with Gasteiger partial charge in [-0.1, -0.05) is 30.3 Å². The number of esters is 1. The fourth-order valence-corrected chi connectivity index (χ4v) is 5.33. The highest BCUT2D eigenvalue weighted by Gasteiger charge is 2.49. The van der Waals surface area contributed by atoms with Crippen molar-refractivity contribution in [3.63, 3.8) is 0 Å². The number of nitro benzene ring substituents is 1. The first-order valence-electron chi connectivity index (χ1n) is 12.7. The second kappa shape index (κ2) is 10.7. The van der Waals surface area contributed by atoms with E-state index in [1.165, 1.54) is 43.4 Å². The third kappa shape index (κ3) is 4.72. The van der Waals surface area contributed by atoms with Crippen molar-refractivity contribution in [2.24, 2.45) is 0 Å². The van der Waals surface area contributed by atoms with Crippen LogP contribution in [0, 0.1) is 17.0 Å². The van der Waals surface area contributed by atoms with Gasteiger partial charge in [0, 0.05) is 30.7 Å². The molecule has 2 aliphatic heterocycles. The predicted molar refractivity (Wildman–Crippen MR) is 146 cm³/mol. The van der Waals surface area contributed by atoms with E-state index in [1.807, 2.05) is 50.2 Å². The van der Waals surface area contributed by atoms with Gasteiger partial charge in [0.1, 0.15) is 13.2 Å². The van der Waals surface area contributed by atoms with Crippen molar-refractivity contribution < 1.29 is 33.1 Å². The molecule has 0 bridgehead atoms. The number of nitrogens with zero attached hydrogens (tertiary/aromatic N) is 2. The van der Waals surface area contributed by atoms with E-state index >= 15 is 0 Å². The number of hydrogen-bond donors (Lipinski definition) is 0. The van der Waals surface area contributed by atoms with Gasteiger partial charge in [-0.05, 0) is 53.8 Å². The van der Waals surface area contributed by atoms with Crippen LogP contribution in [0.5, 0.6) is 17.2 Å². The second-order valence-electron chi connectivity index (χ2n) is 9.67. The van der Waals surface area contributed by atoms with Crippen LogP contribution in [-0.4, -0.2) is 48.9 Å². The average Bonchev–Trinajstić information content (AvgIpc) is 3.44. The number of carbonyl (C=O) groups is 2. The Labute approximate surface area is 231 Å². The molecule has 3 aromatic rings. The van der Waals surface area contributed by atoms with Gasteiger partial charge in [0.25, 0.3) is 5.69 Å². The summed E-state index contributed by atoms with van der Waals surface area (Å²) in [5.41, 5.74) is 4.50. The Balaban J connectivity index is 1.66. The van der Waals surface area contributed by atoms with Crippen LogP contribution in [0.2, 0.25) is 0 Å². The van der Waals surface area contributed by atoms with E-state index in [9.17, 15) is 19.7 Å². The fraction of sp³-hybridized carbons (Fsp3) is 0.267. The molecule has 10 nitrogen and oxygen atoms in total. The van der Waals surface area contributed by atoms with Crippen LogP contribution in [-0.2, 0) is 13.9 Å². The maximum absolute atomic E-state index is 14.2. The summed E-state index contributed by atoms with van der Waals surface area (Å²) in [6.07, 6.45) is -0.305. The van der Waals surface area contributed by atoms with Gasteiger partial charge in [-0.25, -0.2) is 9.69 Å². The van der Waals surface area contributed by atoms with E-state index in [0.29, 0.717) is 17.2 Å². The molecular formula is C30H29N2O8+. The minimum Gasteiger partial charge on any atom is -0.498 e. The van der Waals surface area contributed by atoms with E-state index in [-0.39, 0.29) is 18.9 Å². The maximum atomic E-state index is 14.2. The summed E-state index contributed by atoms with van der Waals surface area (Å²) in [6, 6.07) is 17.3. The van der Waals surface area contributed by atoms with Gasteiger partial charge in [0.15, 0.2) is 17.2 Å². The number of amides is 1. The molecule has 0 aromatic heterocycles. The highest BCUT2D eigenvalue weighted by Crippen LogP contribution is 2.47. The molecule has 5 rings (SSSR count). The zero-order valence-corrected chi connectivity index (χ0v) is 22.6. The zero-order valence-electron chi connectivity index (χ0n) is 22.6. The molecule has 40 heavy (non-hydrogen) atoms. The average molecular weight is 546 g/mol. The van der Waals surface area contributed by atoms with Gasteiger partial charge in [-0.15, -0.1) is 0 Å². The van der Waals surface area contributed by atoms with Crippen molar-refractivity contribution >= 4 is 23.3 Å². The molecule has 0 saturated carbocycles. The van der Waals surface area contributed by atoms with E-state index in [0.717, 1.165) is 27.8 Å². The van der Waals surface area contributed by atoms with Crippen LogP contribution in [0.4, 0.5) is 10.5 Å². The van der Waals surface area contributed by atoms with Gasteiger partial charge in [0.2, 0.25) is 6.79 Å². The molecule has 2 heterocycles. The number of carbonyl (C=O) groups excluding carboxylic acids is 2. The van der Waals surface area contributed by atoms with E-state index < -0.39 is 29.1 Å². The van der Waals surface area contributed by atoms with Crippen LogP contribution in [0.25, 0.3) is 5.57 Å². The molecule has 1 amide bonds. The van der Waals surface area contributed by atoms with E-state index in [1.54, 1.807) is 6.07 Å². The molecule has 0 aliphatic carbocycles. The van der Waals surface area contributed by atoms with Crippen molar-refractivity contribution in [3.05, 3.63) is 99.1 Å². The first-order valence-corrected chi connectivity index (χ1v) is 12.7. The minimum atomic E-state index is -0.959. The highest BCUT2D eigenvalue weighted by atomic mass is 16.7. The standard InChI is InChI=1S/C30H29N2O8/c1-18-7-5-6-8-23(18)24-16-25(29(33)37-3)31(30(34)40(4)22-12-10-21(11-13-22)32(35)36)28(19(24)2)20-9-14-26-27(15-20)39-17-38-26/h5-15,25,28H,16-17H2,1-4H3/q+1/t25-,28+/m1/s1. The first kappa shape index (κ1) is 26.7. The van der Waals surface area contributed by atoms with Gasteiger partial charge in [-0.3, -0.25) is 10.1 Å². The molecule has 0 saturated heterocycles. The number of ether oxygens (including phenoxy) is 3. The maximum Gasteiger partial charge on any atom is 0.638 e. The monoisotopic (exact) mass is 545 g/mol. The molecule has 2 atom stereocenters. The molecule has 10 heteroatoms. The molecule has 0 unspecified atom stereocenters. The van der Waals surface area contributed by atoms with Crippen molar-refractivity contribution in [1.29, 1.82) is 0 Å². The lowest BCUT2D eigenvalue weighted by atomic mass is 9.81. The van der Waals surface area contributed by atoms with Gasteiger partial charge >= 0.3 is 12.1 Å². The number of fused-ring (bicyclic) bond motifs is 1. The predicted octanol–water partition coefficient (Wildman–Crippen LogP) is 6.11. The molecule has 0 spiro atoms. The SMILES string of the molecule is COC(=O)[C@H]1CC(c2ccccc2C)=C(C)[C@@H](c2ccc3c(c2)OCO3)N1C(=O)[O+](C)c1ccc([N+](=O)[O-])cc1. The van der Waals surface area contributed by atoms with Crippen LogP contribution >= 0.6 is 0 Å². The number of methoxy groups -OCH3 is 1. The van der Waals surface area contributed by atoms with E-state index in [4.69, 9.17) is 14.2 Å². The van der Waals surface area contributed by atoms with Gasteiger partial charge < -0.3 is 18.6 Å². The van der Waals surface area contributed by atoms with Crippen LogP contribution in [0.15, 0.2) is 72.3 Å². The third-order valence-electron chi connectivity index (χ3n) is 7.43. The van der Waals surface area contributed by atoms with Crippen LogP contribution in [0.1, 0.15) is 36.1 Å². The topological polar surface area (TPSA) is 111 Å². The molecule has 0 radical (unpaired) electrons.